The summed E-state index contributed by atoms with van der Waals surface area (Å²) in [7, 11) is 0. The van der Waals surface area contributed by atoms with Gasteiger partial charge in [-0.3, -0.25) is 14.5 Å². The van der Waals surface area contributed by atoms with Crippen molar-refractivity contribution >= 4 is 11.8 Å². The van der Waals surface area contributed by atoms with Crippen molar-refractivity contribution in [2.24, 2.45) is 0 Å². The monoisotopic (exact) mass is 226 g/mol. The summed E-state index contributed by atoms with van der Waals surface area (Å²) in [6.45, 7) is 1.97. The molecule has 86 valence electrons. The van der Waals surface area contributed by atoms with E-state index in [1.165, 1.54) is 0 Å². The summed E-state index contributed by atoms with van der Waals surface area (Å²) < 4.78 is 4.63. The standard InChI is InChI=1S/C9H11N3O4/c1-2-16-9(15)7(11-10)8(14)12-5-3-4-6(12)13/h2-5H2,1H3/p+1. The molecule has 1 N–H and O–H groups in total. The molecule has 16 heavy (non-hydrogen) atoms. The highest BCUT2D eigenvalue weighted by Crippen LogP contribution is 2.16. The molecule has 0 bridgehead atoms. The summed E-state index contributed by atoms with van der Waals surface area (Å²) in [5.74, 6) is -1.99. The summed E-state index contributed by atoms with van der Waals surface area (Å²) in [6.07, 6.45) is 0.846. The second kappa shape index (κ2) is 5.11. The van der Waals surface area contributed by atoms with Gasteiger partial charge in [-0.2, -0.15) is 0 Å². The van der Waals surface area contributed by atoms with Crippen molar-refractivity contribution in [3.05, 3.63) is 16.6 Å². The van der Waals surface area contributed by atoms with Gasteiger partial charge in [0.15, 0.2) is 4.98 Å². The number of nitrogens with zero attached hydrogens (tertiary/aromatic N) is 3. The minimum atomic E-state index is -0.851. The number of hydrogen-bond acceptors (Lipinski definition) is 5. The highest BCUT2D eigenvalue weighted by Gasteiger charge is 2.39. The number of hydrogen-bond donors (Lipinski definition) is 1. The number of diazo groups is 1. The zero-order valence-electron chi connectivity index (χ0n) is 8.84. The van der Waals surface area contributed by atoms with Crippen LogP contribution in [-0.4, -0.2) is 35.0 Å². The fourth-order valence-electron chi connectivity index (χ4n) is 1.37. The number of imide groups is 1. The fraction of sp³-hybridized carbons (Fsp3) is 0.556. The normalized spacial score (nSPS) is 16.8. The van der Waals surface area contributed by atoms with Gasteiger partial charge in [0.25, 0.3) is 0 Å². The molecular formula is C9H12N3O4+. The third kappa shape index (κ3) is 2.28. The van der Waals surface area contributed by atoms with E-state index in [0.29, 0.717) is 6.42 Å². The average molecular weight is 226 g/mol. The van der Waals surface area contributed by atoms with E-state index in [0.717, 1.165) is 4.90 Å². The molecule has 0 aromatic carbocycles. The van der Waals surface area contributed by atoms with Gasteiger partial charge in [-0.05, 0) is 13.3 Å². The molecule has 0 unspecified atom stereocenters. The topological polar surface area (TPSA) is 95.0 Å². The van der Waals surface area contributed by atoms with E-state index in [2.05, 4.69) is 9.71 Å². The second-order valence-corrected chi connectivity index (χ2v) is 3.14. The molecule has 0 radical (unpaired) electrons. The van der Waals surface area contributed by atoms with Crippen molar-refractivity contribution in [2.45, 2.75) is 19.8 Å². The first-order valence-corrected chi connectivity index (χ1v) is 4.87. The molecule has 0 atom stereocenters. The van der Waals surface area contributed by atoms with Crippen LogP contribution < -0.4 is 0 Å². The molecule has 0 aromatic rings. The number of carbonyl (C=O) groups excluding carboxylic acids is 2. The van der Waals surface area contributed by atoms with Crippen LogP contribution in [0.1, 0.15) is 19.8 Å². The predicted octanol–water partition coefficient (Wildman–Crippen LogP) is 0.752. The largest absolute Gasteiger partial charge is 0.528 e. The smallest absolute Gasteiger partial charge is 0.475 e. The van der Waals surface area contributed by atoms with Gasteiger partial charge in [-0.15, -0.1) is 0 Å². The molecule has 1 heterocycles. The van der Waals surface area contributed by atoms with E-state index >= 15 is 0 Å². The quantitative estimate of drug-likeness (QED) is 0.435. The molecule has 0 saturated carbocycles. The molecule has 0 spiro atoms. The maximum atomic E-state index is 11.7. The average Bonchev–Trinajstić information content (AvgIpc) is 2.65. The van der Waals surface area contributed by atoms with E-state index < -0.39 is 17.5 Å². The molecular weight excluding hydrogens is 214 g/mol. The van der Waals surface area contributed by atoms with E-state index in [1.807, 2.05) is 0 Å². The number of aliphatic hydroxyl groups is 1. The van der Waals surface area contributed by atoms with Gasteiger partial charge in [0.2, 0.25) is 11.3 Å². The Kier molecular flexibility index (Phi) is 3.83. The van der Waals surface area contributed by atoms with Gasteiger partial charge in [0.05, 0.1) is 6.61 Å². The summed E-state index contributed by atoms with van der Waals surface area (Å²) in [5, 5.41) is 17.9. The Morgan fingerprint density at radius 3 is 2.81 bits per heavy atom. The minimum Gasteiger partial charge on any atom is -0.475 e. The summed E-state index contributed by atoms with van der Waals surface area (Å²) in [5.41, 5.74) is -0.655. The molecule has 2 amide bonds. The molecule has 1 aliphatic rings. The van der Waals surface area contributed by atoms with Crippen molar-refractivity contribution in [1.82, 2.24) is 4.90 Å². The van der Waals surface area contributed by atoms with Crippen LogP contribution in [0.4, 0.5) is 0 Å². The van der Waals surface area contributed by atoms with Crippen LogP contribution in [0.15, 0.2) is 11.6 Å². The number of aliphatic hydroxyl groups excluding tert-OH is 1. The van der Waals surface area contributed by atoms with Crippen molar-refractivity contribution < 1.29 is 19.4 Å². The van der Waals surface area contributed by atoms with Gasteiger partial charge in [-0.1, -0.05) is 0 Å². The lowest BCUT2D eigenvalue weighted by atomic mass is 10.4. The van der Waals surface area contributed by atoms with Crippen LogP contribution in [0.3, 0.4) is 0 Å². The lowest BCUT2D eigenvalue weighted by molar-refractivity contribution is -0.139. The molecule has 1 fully saturated rings. The Hall–Kier alpha value is -2.10. The first-order valence-electron chi connectivity index (χ1n) is 4.87. The van der Waals surface area contributed by atoms with Gasteiger partial charge in [0, 0.05) is 13.0 Å². The first kappa shape index (κ1) is 12.0. The van der Waals surface area contributed by atoms with Crippen LogP contribution in [0.5, 0.6) is 0 Å². The van der Waals surface area contributed by atoms with E-state index in [-0.39, 0.29) is 25.5 Å². The van der Waals surface area contributed by atoms with Crippen molar-refractivity contribution in [2.75, 3.05) is 13.2 Å². The van der Waals surface area contributed by atoms with Gasteiger partial charge in [-0.25, -0.2) is 0 Å². The molecule has 7 heteroatoms. The van der Waals surface area contributed by atoms with E-state index in [1.54, 1.807) is 6.92 Å². The molecule has 0 aliphatic carbocycles. The Bertz CT molecular complexity index is 383. The summed E-state index contributed by atoms with van der Waals surface area (Å²) in [6, 6.07) is 0. The van der Waals surface area contributed by atoms with Crippen molar-refractivity contribution in [3.63, 3.8) is 0 Å². The van der Waals surface area contributed by atoms with Gasteiger partial charge >= 0.3 is 17.5 Å². The number of amides is 2. The zero-order chi connectivity index (χ0) is 12.1. The SMILES string of the molecule is CCO/C(O)=C(\[N+]#N)C(=O)N1CCCC1=O. The first-order chi connectivity index (χ1) is 7.61. The van der Waals surface area contributed by atoms with Crippen LogP contribution in [-0.2, 0) is 14.3 Å². The lowest BCUT2D eigenvalue weighted by Crippen LogP contribution is -2.33. The lowest BCUT2D eigenvalue weighted by Gasteiger charge is -2.08. The maximum Gasteiger partial charge on any atom is 0.528 e. The van der Waals surface area contributed by atoms with Gasteiger partial charge < -0.3 is 9.84 Å². The van der Waals surface area contributed by atoms with Crippen LogP contribution in [0.2, 0.25) is 0 Å². The number of carbonyl (C=O) groups is 2. The third-order valence-corrected chi connectivity index (χ3v) is 2.10. The summed E-state index contributed by atoms with van der Waals surface area (Å²) >= 11 is 0. The minimum absolute atomic E-state index is 0.117. The highest BCUT2D eigenvalue weighted by molar-refractivity contribution is 6.06. The third-order valence-electron chi connectivity index (χ3n) is 2.10. The zero-order valence-corrected chi connectivity index (χ0v) is 8.84. The molecule has 0 aromatic heterocycles. The second-order valence-electron chi connectivity index (χ2n) is 3.14. The van der Waals surface area contributed by atoms with E-state index in [4.69, 9.17) is 5.39 Å². The molecule has 1 saturated heterocycles. The maximum absolute atomic E-state index is 11.7. The van der Waals surface area contributed by atoms with Crippen LogP contribution >= 0.6 is 0 Å². The molecule has 1 rings (SSSR count). The number of likely N-dealkylation sites (tertiary alicyclic amines) is 1. The Morgan fingerprint density at radius 2 is 2.38 bits per heavy atom. The summed E-state index contributed by atoms with van der Waals surface area (Å²) in [4.78, 5) is 26.5. The number of ether oxygens (including phenoxy) is 1. The Balaban J connectivity index is 2.90. The highest BCUT2D eigenvalue weighted by atomic mass is 16.6. The van der Waals surface area contributed by atoms with Crippen molar-refractivity contribution in [3.8, 4) is 0 Å². The molecule has 7 nitrogen and oxygen atoms in total. The number of rotatable bonds is 3. The van der Waals surface area contributed by atoms with Crippen LogP contribution in [0, 0.1) is 5.39 Å². The fourth-order valence-corrected chi connectivity index (χ4v) is 1.37. The predicted molar refractivity (Wildman–Crippen MR) is 52.3 cm³/mol. The Morgan fingerprint density at radius 1 is 1.69 bits per heavy atom. The van der Waals surface area contributed by atoms with Crippen LogP contribution in [0.25, 0.3) is 4.98 Å². The van der Waals surface area contributed by atoms with Gasteiger partial charge in [0.1, 0.15) is 0 Å². The molecule has 1 aliphatic heterocycles. The van der Waals surface area contributed by atoms with Crippen molar-refractivity contribution in [1.29, 1.82) is 5.39 Å². The Labute approximate surface area is 91.9 Å². The van der Waals surface area contributed by atoms with E-state index in [9.17, 15) is 14.7 Å².